The molecule has 0 spiro atoms. The number of amides is 1. The summed E-state index contributed by atoms with van der Waals surface area (Å²) in [5, 5.41) is 12.0. The second kappa shape index (κ2) is 6.27. The molecule has 2 heterocycles. The molecule has 0 bridgehead atoms. The minimum absolute atomic E-state index is 0.237. The summed E-state index contributed by atoms with van der Waals surface area (Å²) in [6, 6.07) is 12.4. The van der Waals surface area contributed by atoms with Crippen LogP contribution in [-0.4, -0.2) is 25.9 Å². The number of aromatic nitrogens is 4. The van der Waals surface area contributed by atoms with Gasteiger partial charge in [-0.05, 0) is 43.3 Å². The highest BCUT2D eigenvalue weighted by Gasteiger charge is 2.17. The molecule has 130 valence electrons. The van der Waals surface area contributed by atoms with Crippen LogP contribution in [0.2, 0.25) is 5.02 Å². The van der Waals surface area contributed by atoms with Gasteiger partial charge in [0.1, 0.15) is 5.52 Å². The van der Waals surface area contributed by atoms with Crippen LogP contribution in [0.15, 0.2) is 46.9 Å². The van der Waals surface area contributed by atoms with Gasteiger partial charge in [0.25, 0.3) is 5.91 Å². The average Bonchev–Trinajstić information content (AvgIpc) is 3.16. The molecule has 0 aliphatic heterocycles. The van der Waals surface area contributed by atoms with Gasteiger partial charge in [0, 0.05) is 17.6 Å². The minimum Gasteiger partial charge on any atom is -0.441 e. The normalized spacial score (nSPS) is 11.0. The van der Waals surface area contributed by atoms with Crippen molar-refractivity contribution in [1.82, 2.24) is 20.0 Å². The SMILES string of the molecule is Cc1nc2cc(NC(=O)c3nn(-c4cccc(Cl)c4)nc3C)ccc2o1. The first-order valence-electron chi connectivity index (χ1n) is 7.88. The maximum atomic E-state index is 12.6. The number of halogens is 1. The summed E-state index contributed by atoms with van der Waals surface area (Å²) in [5.74, 6) is 0.221. The molecule has 1 amide bonds. The summed E-state index contributed by atoms with van der Waals surface area (Å²) in [7, 11) is 0. The van der Waals surface area contributed by atoms with Crippen LogP contribution in [0.1, 0.15) is 22.1 Å². The van der Waals surface area contributed by atoms with Crippen LogP contribution in [0.5, 0.6) is 0 Å². The first-order valence-corrected chi connectivity index (χ1v) is 8.26. The summed E-state index contributed by atoms with van der Waals surface area (Å²) in [4.78, 5) is 18.2. The topological polar surface area (TPSA) is 85.8 Å². The van der Waals surface area contributed by atoms with Crippen molar-refractivity contribution in [2.24, 2.45) is 0 Å². The number of carbonyl (C=O) groups is 1. The van der Waals surface area contributed by atoms with E-state index in [0.717, 1.165) is 0 Å². The predicted molar refractivity (Wildman–Crippen MR) is 97.8 cm³/mol. The van der Waals surface area contributed by atoms with Crippen molar-refractivity contribution in [3.8, 4) is 5.69 Å². The van der Waals surface area contributed by atoms with Crippen LogP contribution in [0.3, 0.4) is 0 Å². The molecule has 0 unspecified atom stereocenters. The number of nitrogens with zero attached hydrogens (tertiary/aromatic N) is 4. The zero-order valence-electron chi connectivity index (χ0n) is 14.0. The van der Waals surface area contributed by atoms with Crippen molar-refractivity contribution in [3.05, 3.63) is 64.8 Å². The predicted octanol–water partition coefficient (Wildman–Crippen LogP) is 3.93. The molecular weight excluding hydrogens is 354 g/mol. The third kappa shape index (κ3) is 3.04. The van der Waals surface area contributed by atoms with Crippen LogP contribution in [0.4, 0.5) is 5.69 Å². The van der Waals surface area contributed by atoms with Crippen molar-refractivity contribution in [3.63, 3.8) is 0 Å². The van der Waals surface area contributed by atoms with E-state index in [9.17, 15) is 4.79 Å². The van der Waals surface area contributed by atoms with Gasteiger partial charge in [0.05, 0.1) is 11.4 Å². The molecule has 4 aromatic rings. The lowest BCUT2D eigenvalue weighted by Gasteiger charge is -2.03. The molecule has 0 atom stereocenters. The molecule has 0 fully saturated rings. The molecule has 4 rings (SSSR count). The lowest BCUT2D eigenvalue weighted by atomic mass is 10.2. The van der Waals surface area contributed by atoms with E-state index in [-0.39, 0.29) is 11.6 Å². The first-order chi connectivity index (χ1) is 12.5. The third-order valence-electron chi connectivity index (χ3n) is 3.79. The second-order valence-corrected chi connectivity index (χ2v) is 6.21. The van der Waals surface area contributed by atoms with Gasteiger partial charge in [0.2, 0.25) is 0 Å². The van der Waals surface area contributed by atoms with Gasteiger partial charge < -0.3 is 9.73 Å². The first kappa shape index (κ1) is 16.3. The Morgan fingerprint density at radius 1 is 1.15 bits per heavy atom. The van der Waals surface area contributed by atoms with Crippen molar-refractivity contribution in [2.45, 2.75) is 13.8 Å². The van der Waals surface area contributed by atoms with E-state index < -0.39 is 0 Å². The van der Waals surface area contributed by atoms with Gasteiger partial charge in [-0.1, -0.05) is 17.7 Å². The van der Waals surface area contributed by atoms with Gasteiger partial charge in [-0.15, -0.1) is 5.10 Å². The van der Waals surface area contributed by atoms with E-state index in [1.54, 1.807) is 50.2 Å². The number of rotatable bonds is 3. The lowest BCUT2D eigenvalue weighted by Crippen LogP contribution is -2.14. The zero-order chi connectivity index (χ0) is 18.3. The van der Waals surface area contributed by atoms with E-state index in [1.165, 1.54) is 4.80 Å². The van der Waals surface area contributed by atoms with E-state index in [4.69, 9.17) is 16.0 Å². The number of oxazole rings is 1. The Kier molecular flexibility index (Phi) is 3.93. The highest BCUT2D eigenvalue weighted by atomic mass is 35.5. The monoisotopic (exact) mass is 367 g/mol. The summed E-state index contributed by atoms with van der Waals surface area (Å²) in [6.07, 6.45) is 0. The van der Waals surface area contributed by atoms with E-state index in [1.807, 2.05) is 6.07 Å². The molecule has 2 aromatic carbocycles. The Labute approximate surface area is 153 Å². The van der Waals surface area contributed by atoms with Crippen molar-refractivity contribution >= 4 is 34.3 Å². The number of fused-ring (bicyclic) bond motifs is 1. The second-order valence-electron chi connectivity index (χ2n) is 5.77. The van der Waals surface area contributed by atoms with Crippen molar-refractivity contribution < 1.29 is 9.21 Å². The molecule has 2 aromatic heterocycles. The molecule has 0 saturated heterocycles. The largest absolute Gasteiger partial charge is 0.441 e. The van der Waals surface area contributed by atoms with Gasteiger partial charge >= 0.3 is 0 Å². The van der Waals surface area contributed by atoms with Crippen LogP contribution < -0.4 is 5.32 Å². The molecular formula is C18H14ClN5O2. The Hall–Kier alpha value is -3.19. The molecule has 0 radical (unpaired) electrons. The van der Waals surface area contributed by atoms with Crippen molar-refractivity contribution in [1.29, 1.82) is 0 Å². The Balaban J connectivity index is 1.61. The number of nitrogens with one attached hydrogen (secondary N) is 1. The number of benzene rings is 2. The van der Waals surface area contributed by atoms with Gasteiger partial charge in [-0.25, -0.2) is 4.98 Å². The molecule has 8 heteroatoms. The number of anilines is 1. The fraction of sp³-hybridized carbons (Fsp3) is 0.111. The van der Waals surface area contributed by atoms with Crippen LogP contribution in [0, 0.1) is 13.8 Å². The van der Waals surface area contributed by atoms with E-state index in [0.29, 0.717) is 39.1 Å². The molecule has 1 N–H and O–H groups in total. The molecule has 7 nitrogen and oxygen atoms in total. The lowest BCUT2D eigenvalue weighted by molar-refractivity contribution is 0.102. The number of aryl methyl sites for hydroxylation is 2. The zero-order valence-corrected chi connectivity index (χ0v) is 14.8. The molecule has 0 saturated carbocycles. The molecule has 0 aliphatic carbocycles. The minimum atomic E-state index is -0.352. The third-order valence-corrected chi connectivity index (χ3v) is 4.02. The maximum Gasteiger partial charge on any atom is 0.278 e. The maximum absolute atomic E-state index is 12.6. The number of carbonyl (C=O) groups excluding carboxylic acids is 1. The average molecular weight is 368 g/mol. The molecule has 26 heavy (non-hydrogen) atoms. The summed E-state index contributed by atoms with van der Waals surface area (Å²) in [6.45, 7) is 3.50. The van der Waals surface area contributed by atoms with Crippen molar-refractivity contribution in [2.75, 3.05) is 5.32 Å². The molecule has 0 aliphatic rings. The quantitative estimate of drug-likeness (QED) is 0.593. The Bertz CT molecular complexity index is 1130. The van der Waals surface area contributed by atoms with Crippen LogP contribution >= 0.6 is 11.6 Å². The Morgan fingerprint density at radius 3 is 2.81 bits per heavy atom. The van der Waals surface area contributed by atoms with Crippen LogP contribution in [-0.2, 0) is 0 Å². The number of hydrogen-bond donors (Lipinski definition) is 1. The van der Waals surface area contributed by atoms with E-state index in [2.05, 4.69) is 20.5 Å². The van der Waals surface area contributed by atoms with Gasteiger partial charge in [0.15, 0.2) is 17.2 Å². The fourth-order valence-electron chi connectivity index (χ4n) is 2.62. The summed E-state index contributed by atoms with van der Waals surface area (Å²) < 4.78 is 5.43. The number of hydrogen-bond acceptors (Lipinski definition) is 5. The van der Waals surface area contributed by atoms with E-state index >= 15 is 0 Å². The fourth-order valence-corrected chi connectivity index (χ4v) is 2.80. The summed E-state index contributed by atoms with van der Waals surface area (Å²) >= 11 is 6.00. The van der Waals surface area contributed by atoms with Gasteiger partial charge in [-0.3, -0.25) is 4.79 Å². The summed E-state index contributed by atoms with van der Waals surface area (Å²) in [5.41, 5.74) is 3.39. The standard InChI is InChI=1S/C18H14ClN5O2/c1-10-17(23-24(22-10)14-5-3-4-12(19)8-14)18(25)21-13-6-7-16-15(9-13)20-11(2)26-16/h3-9H,1-2H3,(H,21,25). The van der Waals surface area contributed by atoms with Crippen LogP contribution in [0.25, 0.3) is 16.8 Å². The highest BCUT2D eigenvalue weighted by molar-refractivity contribution is 6.30. The Morgan fingerprint density at radius 2 is 2.00 bits per heavy atom. The highest BCUT2D eigenvalue weighted by Crippen LogP contribution is 2.20. The smallest absolute Gasteiger partial charge is 0.278 e. The van der Waals surface area contributed by atoms with Gasteiger partial charge in [-0.2, -0.15) is 9.90 Å².